The predicted molar refractivity (Wildman–Crippen MR) is 80.2 cm³/mol. The Morgan fingerprint density at radius 1 is 1.20 bits per heavy atom. The molecule has 0 aliphatic carbocycles. The number of carbonyl (C=O) groups is 1. The van der Waals surface area contributed by atoms with Crippen molar-refractivity contribution in [3.05, 3.63) is 41.1 Å². The zero-order valence-electron chi connectivity index (χ0n) is 10.5. The van der Waals surface area contributed by atoms with E-state index in [1.165, 1.54) is 6.33 Å². The second kappa shape index (κ2) is 6.85. The Bertz CT molecular complexity index is 589. The quantitative estimate of drug-likeness (QED) is 0.751. The Morgan fingerprint density at radius 2 is 1.90 bits per heavy atom. The molecule has 0 fully saturated rings. The molecule has 1 aromatic carbocycles. The van der Waals surface area contributed by atoms with Crippen LogP contribution in [0, 0.1) is 0 Å². The van der Waals surface area contributed by atoms with Crippen molar-refractivity contribution in [1.29, 1.82) is 0 Å². The first kappa shape index (κ1) is 14.3. The molecule has 2 rings (SSSR count). The lowest BCUT2D eigenvalue weighted by Gasteiger charge is -2.08. The molecule has 0 aliphatic heterocycles. The molecule has 1 aromatic heterocycles. The van der Waals surface area contributed by atoms with Crippen molar-refractivity contribution in [3.8, 4) is 0 Å². The molecule has 2 aromatic rings. The van der Waals surface area contributed by atoms with E-state index >= 15 is 0 Å². The van der Waals surface area contributed by atoms with Crippen LogP contribution >= 0.6 is 15.9 Å². The Hall–Kier alpha value is -2.15. The monoisotopic (exact) mass is 336 g/mol. The molecule has 0 spiro atoms. The number of rotatable bonds is 6. The maximum atomic E-state index is 10.4. The fraction of sp³-hybridized carbons (Fsp3) is 0.154. The molecule has 6 nitrogen and oxygen atoms in total. The summed E-state index contributed by atoms with van der Waals surface area (Å²) >= 11 is 3.37. The van der Waals surface area contributed by atoms with Crippen LogP contribution in [0.2, 0.25) is 0 Å². The van der Waals surface area contributed by atoms with E-state index in [-0.39, 0.29) is 6.42 Å². The summed E-state index contributed by atoms with van der Waals surface area (Å²) in [6, 6.07) is 9.42. The topological polar surface area (TPSA) is 87.1 Å². The Morgan fingerprint density at radius 3 is 2.60 bits per heavy atom. The number of aromatic nitrogens is 2. The highest BCUT2D eigenvalue weighted by atomic mass is 79.9. The first-order valence-electron chi connectivity index (χ1n) is 5.94. The van der Waals surface area contributed by atoms with E-state index < -0.39 is 5.97 Å². The third-order valence-corrected chi connectivity index (χ3v) is 2.96. The van der Waals surface area contributed by atoms with Gasteiger partial charge in [-0.15, -0.1) is 0 Å². The molecule has 0 unspecified atom stereocenters. The standard InChI is InChI=1S/C13H13BrN4O2/c14-9-1-3-10(4-2-9)18-12-7-11(16-8-17-12)15-6-5-13(19)20/h1-4,7-8H,5-6H2,(H,19,20)(H2,15,16,17,18). The van der Waals surface area contributed by atoms with E-state index in [0.717, 1.165) is 10.2 Å². The first-order chi connectivity index (χ1) is 9.63. The minimum atomic E-state index is -0.847. The van der Waals surface area contributed by atoms with Gasteiger partial charge in [0.25, 0.3) is 0 Å². The van der Waals surface area contributed by atoms with Crippen molar-refractivity contribution in [2.24, 2.45) is 0 Å². The van der Waals surface area contributed by atoms with Gasteiger partial charge >= 0.3 is 5.97 Å². The van der Waals surface area contributed by atoms with Crippen molar-refractivity contribution in [3.63, 3.8) is 0 Å². The van der Waals surface area contributed by atoms with Crippen LogP contribution in [0.3, 0.4) is 0 Å². The molecular weight excluding hydrogens is 324 g/mol. The second-order valence-electron chi connectivity index (χ2n) is 3.99. The molecule has 0 bridgehead atoms. The Labute approximate surface area is 124 Å². The zero-order valence-corrected chi connectivity index (χ0v) is 12.1. The number of hydrogen-bond donors (Lipinski definition) is 3. The predicted octanol–water partition coefficient (Wildman–Crippen LogP) is 2.87. The van der Waals surface area contributed by atoms with E-state index in [4.69, 9.17) is 5.11 Å². The van der Waals surface area contributed by atoms with Gasteiger partial charge in [-0.2, -0.15) is 0 Å². The van der Waals surface area contributed by atoms with Crippen LogP contribution in [0.25, 0.3) is 0 Å². The maximum Gasteiger partial charge on any atom is 0.305 e. The minimum Gasteiger partial charge on any atom is -0.481 e. The summed E-state index contributed by atoms with van der Waals surface area (Å²) in [6.07, 6.45) is 1.46. The normalized spacial score (nSPS) is 10.1. The molecule has 0 radical (unpaired) electrons. The maximum absolute atomic E-state index is 10.4. The second-order valence-corrected chi connectivity index (χ2v) is 4.91. The molecule has 20 heavy (non-hydrogen) atoms. The van der Waals surface area contributed by atoms with E-state index in [0.29, 0.717) is 18.2 Å². The van der Waals surface area contributed by atoms with Crippen molar-refractivity contribution >= 4 is 39.2 Å². The van der Waals surface area contributed by atoms with Gasteiger partial charge in [0.1, 0.15) is 18.0 Å². The van der Waals surface area contributed by atoms with Gasteiger partial charge in [0.05, 0.1) is 6.42 Å². The van der Waals surface area contributed by atoms with Gasteiger partial charge < -0.3 is 15.7 Å². The van der Waals surface area contributed by atoms with Crippen LogP contribution in [-0.4, -0.2) is 27.6 Å². The van der Waals surface area contributed by atoms with Gasteiger partial charge in [0.2, 0.25) is 0 Å². The van der Waals surface area contributed by atoms with Gasteiger partial charge in [0.15, 0.2) is 0 Å². The van der Waals surface area contributed by atoms with E-state index in [1.807, 2.05) is 24.3 Å². The molecular formula is C13H13BrN4O2. The zero-order chi connectivity index (χ0) is 14.4. The van der Waals surface area contributed by atoms with Gasteiger partial charge in [-0.3, -0.25) is 4.79 Å². The number of carboxylic acid groups (broad SMARTS) is 1. The van der Waals surface area contributed by atoms with E-state index in [1.54, 1.807) is 6.07 Å². The van der Waals surface area contributed by atoms with Crippen LogP contribution < -0.4 is 10.6 Å². The van der Waals surface area contributed by atoms with Crippen LogP contribution in [-0.2, 0) is 4.79 Å². The highest BCUT2D eigenvalue weighted by Gasteiger charge is 2.01. The fourth-order valence-corrected chi connectivity index (χ4v) is 1.77. The molecule has 0 saturated carbocycles. The average molecular weight is 337 g/mol. The summed E-state index contributed by atoms with van der Waals surface area (Å²) in [5, 5.41) is 14.6. The average Bonchev–Trinajstić information content (AvgIpc) is 2.41. The summed E-state index contributed by atoms with van der Waals surface area (Å²) in [5.74, 6) is 0.376. The number of nitrogens with one attached hydrogen (secondary N) is 2. The van der Waals surface area contributed by atoms with E-state index in [2.05, 4.69) is 36.5 Å². The number of halogens is 1. The number of hydrogen-bond acceptors (Lipinski definition) is 5. The Balaban J connectivity index is 1.98. The van der Waals surface area contributed by atoms with Crippen molar-refractivity contribution in [2.45, 2.75) is 6.42 Å². The lowest BCUT2D eigenvalue weighted by atomic mass is 10.3. The first-order valence-corrected chi connectivity index (χ1v) is 6.73. The summed E-state index contributed by atoms with van der Waals surface area (Å²) in [4.78, 5) is 18.6. The summed E-state index contributed by atoms with van der Waals surface area (Å²) < 4.78 is 1.00. The van der Waals surface area contributed by atoms with Crippen molar-refractivity contribution in [1.82, 2.24) is 9.97 Å². The van der Waals surface area contributed by atoms with Crippen molar-refractivity contribution in [2.75, 3.05) is 17.2 Å². The van der Waals surface area contributed by atoms with Crippen molar-refractivity contribution < 1.29 is 9.90 Å². The summed E-state index contributed by atoms with van der Waals surface area (Å²) in [6.45, 7) is 0.323. The summed E-state index contributed by atoms with van der Waals surface area (Å²) in [7, 11) is 0. The molecule has 0 amide bonds. The highest BCUT2D eigenvalue weighted by molar-refractivity contribution is 9.10. The van der Waals surface area contributed by atoms with Crippen LogP contribution in [0.15, 0.2) is 41.1 Å². The minimum absolute atomic E-state index is 0.0411. The number of anilines is 3. The number of nitrogens with zero attached hydrogens (tertiary/aromatic N) is 2. The Kier molecular flexibility index (Phi) is 4.89. The van der Waals surface area contributed by atoms with E-state index in [9.17, 15) is 4.79 Å². The van der Waals surface area contributed by atoms with Gasteiger partial charge in [-0.1, -0.05) is 15.9 Å². The molecule has 3 N–H and O–H groups in total. The lowest BCUT2D eigenvalue weighted by Crippen LogP contribution is -2.09. The van der Waals surface area contributed by atoms with Gasteiger partial charge in [-0.25, -0.2) is 9.97 Å². The van der Waals surface area contributed by atoms with Gasteiger partial charge in [0, 0.05) is 22.8 Å². The molecule has 104 valence electrons. The molecule has 7 heteroatoms. The molecule has 0 aliphatic rings. The number of carboxylic acids is 1. The molecule has 0 atom stereocenters. The smallest absolute Gasteiger partial charge is 0.305 e. The van der Waals surface area contributed by atoms with Crippen LogP contribution in [0.1, 0.15) is 6.42 Å². The van der Waals surface area contributed by atoms with Crippen LogP contribution in [0.4, 0.5) is 17.3 Å². The highest BCUT2D eigenvalue weighted by Crippen LogP contribution is 2.18. The van der Waals surface area contributed by atoms with Gasteiger partial charge in [-0.05, 0) is 24.3 Å². The molecule has 1 heterocycles. The number of aliphatic carboxylic acids is 1. The SMILES string of the molecule is O=C(O)CCNc1cc(Nc2ccc(Br)cc2)ncn1. The third kappa shape index (κ3) is 4.51. The van der Waals surface area contributed by atoms with Crippen LogP contribution in [0.5, 0.6) is 0 Å². The number of benzene rings is 1. The largest absolute Gasteiger partial charge is 0.481 e. The lowest BCUT2D eigenvalue weighted by molar-refractivity contribution is -0.136. The third-order valence-electron chi connectivity index (χ3n) is 2.43. The fourth-order valence-electron chi connectivity index (χ4n) is 1.50. The summed E-state index contributed by atoms with van der Waals surface area (Å²) in [5.41, 5.74) is 0.906. The molecule has 0 saturated heterocycles.